The third-order valence-corrected chi connectivity index (χ3v) is 15.8. The second-order valence-corrected chi connectivity index (χ2v) is 23.5. The van der Waals surface area contributed by atoms with Gasteiger partial charge in [-0.3, -0.25) is 4.79 Å². The third-order valence-electron chi connectivity index (χ3n) is 3.42. The fraction of sp³-hybridized carbons (Fsp3) is 0.237. The molecular formula is C38H84O3Si3. The zero-order valence-electron chi connectivity index (χ0n) is 25.1. The molecule has 0 aliphatic heterocycles. The van der Waals surface area contributed by atoms with E-state index in [1.807, 2.05) is 0 Å². The van der Waals surface area contributed by atoms with Crippen molar-refractivity contribution in [3.05, 3.63) is 0 Å². The van der Waals surface area contributed by atoms with Crippen LogP contribution in [-0.4, -0.2) is 36.3 Å². The maximum absolute atomic E-state index is 8.36. The Morgan fingerprint density at radius 2 is 0.773 bits per heavy atom. The average molecular weight is 673 g/mol. The molecule has 0 saturated carbocycles. The molecule has 0 aliphatic rings. The lowest BCUT2D eigenvalue weighted by Crippen LogP contribution is -2.47. The maximum atomic E-state index is 8.36. The van der Waals surface area contributed by atoms with Gasteiger partial charge in [-0.2, -0.15) is 0 Å². The summed E-state index contributed by atoms with van der Waals surface area (Å²) in [5.41, 5.74) is 4.45. The molecule has 0 radical (unpaired) electrons. The SMILES string of the molecule is C.C#CC#CC#CC#CC#CC#CC#CC#CC#CC#CC#CC#CC#CC#C[Si](C)(C)C[Si](C)(C)O[Si](C)(C)C.O=CO.[HH].[HH].[HH].[HH].[HH].[HH].[HH].[HH].[HH].[HH].[HH].[HH].[HH].[HH].[HH].[HH].[HH].[HH].[HH].[HH].[HH].[HH].[HH].[HH].[HH].[HH].[HH]. The Morgan fingerprint density at radius 3 is 1.00 bits per heavy atom. The predicted octanol–water partition coefficient (Wildman–Crippen LogP) is 10.5. The van der Waals surface area contributed by atoms with Gasteiger partial charge in [0.05, 0.1) is 0 Å². The molecule has 0 fully saturated rings. The van der Waals surface area contributed by atoms with Crippen molar-refractivity contribution < 1.29 is 52.5 Å². The first-order valence-corrected chi connectivity index (χ1v) is 21.9. The van der Waals surface area contributed by atoms with Crippen LogP contribution in [0.2, 0.25) is 51.5 Å². The first-order chi connectivity index (χ1) is 20.4. The van der Waals surface area contributed by atoms with Gasteiger partial charge in [0.1, 0.15) is 8.07 Å². The number of rotatable bonds is 4. The lowest BCUT2D eigenvalue weighted by molar-refractivity contribution is -0.122. The minimum atomic E-state index is -1.73. The van der Waals surface area contributed by atoms with E-state index < -0.39 is 24.7 Å². The summed E-state index contributed by atoms with van der Waals surface area (Å²) in [7, 11) is -4.98. The van der Waals surface area contributed by atoms with E-state index in [1.54, 1.807) is 0 Å². The summed E-state index contributed by atoms with van der Waals surface area (Å²) in [5, 5.41) is 6.89. The Labute approximate surface area is 309 Å². The van der Waals surface area contributed by atoms with Crippen molar-refractivity contribution in [2.45, 2.75) is 58.9 Å². The van der Waals surface area contributed by atoms with Gasteiger partial charge in [-0.25, -0.2) is 0 Å². The smallest absolute Gasteiger partial charge is 0.290 e. The molecule has 1 N–H and O–H groups in total. The van der Waals surface area contributed by atoms with Gasteiger partial charge in [0, 0.05) is 97.7 Å². The monoisotopic (exact) mass is 673 g/mol. The molecule has 0 saturated heterocycles. The molecule has 0 aromatic carbocycles. The minimum absolute atomic E-state index is 0. The van der Waals surface area contributed by atoms with Crippen LogP contribution < -0.4 is 0 Å². The second kappa shape index (κ2) is 27.1. The summed E-state index contributed by atoms with van der Waals surface area (Å²) in [4.78, 5) is 8.36. The van der Waals surface area contributed by atoms with Gasteiger partial charge in [-0.15, -0.1) is 12.0 Å². The van der Waals surface area contributed by atoms with Gasteiger partial charge in [0.15, 0.2) is 16.6 Å². The van der Waals surface area contributed by atoms with Crippen LogP contribution >= 0.6 is 0 Å². The molecule has 0 atom stereocenters. The lowest BCUT2D eigenvalue weighted by Gasteiger charge is -2.34. The van der Waals surface area contributed by atoms with Crippen LogP contribution in [0.1, 0.15) is 45.9 Å². The summed E-state index contributed by atoms with van der Waals surface area (Å²) in [6, 6.07) is 0. The molecule has 0 rings (SSSR count). The zero-order chi connectivity index (χ0) is 32.7. The Kier molecular flexibility index (Phi) is 26.1. The van der Waals surface area contributed by atoms with Crippen LogP contribution in [0.5, 0.6) is 0 Å². The van der Waals surface area contributed by atoms with E-state index in [9.17, 15) is 0 Å². The Balaban J connectivity index is -0.0000000189. The quantitative estimate of drug-likeness (QED) is 0.184. The molecule has 3 nitrogen and oxygen atoms in total. The van der Waals surface area contributed by atoms with E-state index in [1.165, 1.54) is 0 Å². The van der Waals surface area contributed by atoms with E-state index in [4.69, 9.17) is 20.4 Å². The zero-order valence-corrected chi connectivity index (χ0v) is 28.1. The van der Waals surface area contributed by atoms with Crippen molar-refractivity contribution in [3.63, 3.8) is 0 Å². The van der Waals surface area contributed by atoms with E-state index in [0.717, 1.165) is 5.67 Å². The predicted molar refractivity (Wildman–Crippen MR) is 247 cm³/mol. The van der Waals surface area contributed by atoms with Crippen molar-refractivity contribution in [3.8, 4) is 166 Å². The molecule has 0 heterocycles. The van der Waals surface area contributed by atoms with E-state index in [-0.39, 0.29) is 52.4 Å². The number of hydrogen-bond donors (Lipinski definition) is 1. The van der Waals surface area contributed by atoms with Crippen molar-refractivity contribution in [2.24, 2.45) is 0 Å². The topological polar surface area (TPSA) is 46.5 Å². The van der Waals surface area contributed by atoms with Gasteiger partial charge in [0.2, 0.25) is 0 Å². The molecular weight excluding hydrogens is 589 g/mol. The fourth-order valence-electron chi connectivity index (χ4n) is 2.93. The molecule has 0 unspecified atom stereocenters. The second-order valence-electron chi connectivity index (χ2n) is 9.53. The van der Waals surface area contributed by atoms with E-state index in [0.29, 0.717) is 0 Å². The van der Waals surface area contributed by atoms with Crippen LogP contribution in [0.3, 0.4) is 0 Å². The fourth-order valence-corrected chi connectivity index (χ4v) is 19.8. The molecule has 6 heteroatoms. The molecule has 44 heavy (non-hydrogen) atoms. The largest absolute Gasteiger partial charge is 0.483 e. The standard InChI is InChI=1S/C36H24OSi3.CH2O2.CH4.27H2/c1-9-10-11-12-13-14-15-16-17-18-19-20-21-22-23-24-25-26-27-28-29-30-31-32-33-34-35-39(5,6)36-40(7,8)37-38(2,3)4;2-1-3;;;;;;;;;;;;;;;;;;;;;;;;;;;;/h1H,36H2,2-8H3;1H,(H,2,3);1H4;27*1H. The Bertz CT molecular complexity index is 1980. The Morgan fingerprint density at radius 1 is 0.545 bits per heavy atom. The van der Waals surface area contributed by atoms with Gasteiger partial charge in [0.25, 0.3) is 6.47 Å². The van der Waals surface area contributed by atoms with Crippen molar-refractivity contribution >= 4 is 31.2 Å². The molecule has 0 bridgehead atoms. The number of carbonyl (C=O) groups is 1. The van der Waals surface area contributed by atoms with Gasteiger partial charge in [-0.05, 0) is 133 Å². The highest BCUT2D eigenvalue weighted by atomic mass is 28.4. The van der Waals surface area contributed by atoms with Crippen molar-refractivity contribution in [1.29, 1.82) is 0 Å². The summed E-state index contributed by atoms with van der Waals surface area (Å²) < 4.78 is 6.44. The summed E-state index contributed by atoms with van der Waals surface area (Å²) >= 11 is 0. The molecule has 0 aromatic heterocycles. The van der Waals surface area contributed by atoms with Crippen LogP contribution in [-0.2, 0) is 8.91 Å². The lowest BCUT2D eigenvalue weighted by atomic mass is 10.4. The maximum Gasteiger partial charge on any atom is 0.290 e. The highest BCUT2D eigenvalue weighted by Crippen LogP contribution is 2.23. The van der Waals surface area contributed by atoms with Crippen molar-refractivity contribution in [1.82, 2.24) is 0 Å². The van der Waals surface area contributed by atoms with Crippen LogP contribution in [0.4, 0.5) is 0 Å². The molecule has 266 valence electrons. The Hall–Kier alpha value is -6.08. The van der Waals surface area contributed by atoms with Crippen molar-refractivity contribution in [2.75, 3.05) is 0 Å². The van der Waals surface area contributed by atoms with Crippen LogP contribution in [0, 0.1) is 166 Å². The molecule has 0 amide bonds. The first-order valence-electron chi connectivity index (χ1n) is 12.1. The normalized spacial score (nSPS) is 7.05. The van der Waals surface area contributed by atoms with Crippen LogP contribution in [0.25, 0.3) is 0 Å². The summed E-state index contributed by atoms with van der Waals surface area (Å²) in [6.07, 6.45) is 4.94. The van der Waals surface area contributed by atoms with E-state index in [2.05, 4.69) is 205 Å². The molecule has 0 aliphatic carbocycles. The average Bonchev–Trinajstić information content (AvgIpc) is 2.89. The number of carboxylic acid groups (broad SMARTS) is 1. The summed E-state index contributed by atoms with van der Waals surface area (Å²) in [6.45, 7) is 15.5. The summed E-state index contributed by atoms with van der Waals surface area (Å²) in [5.74, 6) is 66.0. The highest BCUT2D eigenvalue weighted by molar-refractivity contribution is 6.99. The first kappa shape index (κ1) is 42.4. The number of terminal acetylenes is 1. The molecule has 0 spiro atoms. The minimum Gasteiger partial charge on any atom is -0.483 e. The van der Waals surface area contributed by atoms with E-state index >= 15 is 0 Å². The third kappa shape index (κ3) is 35.9. The highest BCUT2D eigenvalue weighted by Gasteiger charge is 2.36. The van der Waals surface area contributed by atoms with Gasteiger partial charge in [-0.1, -0.05) is 20.5 Å². The molecule has 0 aromatic rings. The van der Waals surface area contributed by atoms with Crippen LogP contribution in [0.15, 0.2) is 0 Å². The number of hydrogen-bond acceptors (Lipinski definition) is 2. The van der Waals surface area contributed by atoms with Gasteiger partial charge >= 0.3 is 0 Å². The van der Waals surface area contributed by atoms with Gasteiger partial charge < -0.3 is 9.22 Å².